The molecule has 1 saturated carbocycles. The van der Waals surface area contributed by atoms with Gasteiger partial charge in [-0.1, -0.05) is 13.0 Å². The van der Waals surface area contributed by atoms with Crippen LogP contribution in [-0.4, -0.2) is 21.8 Å². The van der Waals surface area contributed by atoms with Crippen LogP contribution < -0.4 is 4.74 Å². The topological polar surface area (TPSA) is 42.4 Å². The molecule has 1 heterocycles. The van der Waals surface area contributed by atoms with Crippen LogP contribution >= 0.6 is 11.3 Å². The third kappa shape index (κ3) is 4.89. The summed E-state index contributed by atoms with van der Waals surface area (Å²) in [6.07, 6.45) is 3.04. The number of carbonyl (C=O) groups excluding carboxylic acids is 1. The smallest absolute Gasteiger partial charge is 0.226 e. The number of ether oxygens (including phenoxy) is 1. The van der Waals surface area contributed by atoms with Crippen LogP contribution in [0.1, 0.15) is 60.5 Å². The average molecular weight is 387 g/mol. The lowest BCUT2D eigenvalue weighted by molar-refractivity contribution is -0.135. The summed E-state index contributed by atoms with van der Waals surface area (Å²) in [6.45, 7) is 11.6. The van der Waals surface area contributed by atoms with Gasteiger partial charge in [-0.25, -0.2) is 4.98 Å². The van der Waals surface area contributed by atoms with E-state index < -0.39 is 0 Å². The summed E-state index contributed by atoms with van der Waals surface area (Å²) in [4.78, 5) is 19.3. The Kier molecular flexibility index (Phi) is 6.20. The molecular weight excluding hydrogens is 356 g/mol. The van der Waals surface area contributed by atoms with Gasteiger partial charge < -0.3 is 9.64 Å². The molecule has 5 heteroatoms. The number of nitrogens with zero attached hydrogens (tertiary/aromatic N) is 2. The van der Waals surface area contributed by atoms with Gasteiger partial charge >= 0.3 is 0 Å². The summed E-state index contributed by atoms with van der Waals surface area (Å²) >= 11 is 1.61. The summed E-state index contributed by atoms with van der Waals surface area (Å²) in [5.74, 6) is 1.46. The van der Waals surface area contributed by atoms with E-state index in [1.165, 1.54) is 16.7 Å². The SMILES string of the molecule is CCC(C)N(Cc1csc(COc2cc(C)cc(C)c2C)n1)C(=O)C1CC1. The van der Waals surface area contributed by atoms with Gasteiger partial charge in [-0.05, 0) is 69.7 Å². The fourth-order valence-electron chi connectivity index (χ4n) is 3.19. The predicted molar refractivity (Wildman–Crippen MR) is 110 cm³/mol. The minimum absolute atomic E-state index is 0.243. The molecule has 0 aliphatic heterocycles. The average Bonchev–Trinajstić information content (AvgIpc) is 3.40. The number of aryl methyl sites for hydroxylation is 2. The standard InChI is InChI=1S/C22H30N2O2S/c1-6-16(4)24(22(25)18-7-8-18)11-19-13-27-21(23-19)12-26-20-10-14(2)9-15(3)17(20)5/h9-10,13,16,18H,6-8,11-12H2,1-5H3. The molecule has 146 valence electrons. The number of carbonyl (C=O) groups is 1. The van der Waals surface area contributed by atoms with Crippen molar-refractivity contribution in [3.05, 3.63) is 44.9 Å². The van der Waals surface area contributed by atoms with Gasteiger partial charge in [0, 0.05) is 17.3 Å². The van der Waals surface area contributed by atoms with Crippen LogP contribution in [0.3, 0.4) is 0 Å². The number of amides is 1. The first kappa shape index (κ1) is 19.9. The summed E-state index contributed by atoms with van der Waals surface area (Å²) in [5.41, 5.74) is 4.59. The highest BCUT2D eigenvalue weighted by Gasteiger charge is 2.35. The number of rotatable bonds is 8. The van der Waals surface area contributed by atoms with Crippen molar-refractivity contribution in [3.8, 4) is 5.75 Å². The minimum atomic E-state index is 0.243. The molecule has 2 aromatic rings. The molecule has 1 aromatic heterocycles. The Balaban J connectivity index is 1.64. The van der Waals surface area contributed by atoms with Gasteiger partial charge in [-0.15, -0.1) is 11.3 Å². The Hall–Kier alpha value is -1.88. The Morgan fingerprint density at radius 3 is 2.74 bits per heavy atom. The zero-order chi connectivity index (χ0) is 19.6. The van der Waals surface area contributed by atoms with Crippen LogP contribution in [0.25, 0.3) is 0 Å². The summed E-state index contributed by atoms with van der Waals surface area (Å²) in [6, 6.07) is 4.50. The zero-order valence-electron chi connectivity index (χ0n) is 17.0. The second-order valence-electron chi connectivity index (χ2n) is 7.72. The number of aromatic nitrogens is 1. The molecule has 0 saturated heterocycles. The van der Waals surface area contributed by atoms with Gasteiger partial charge in [0.05, 0.1) is 12.2 Å². The van der Waals surface area contributed by atoms with E-state index in [-0.39, 0.29) is 12.0 Å². The van der Waals surface area contributed by atoms with Crippen molar-refractivity contribution in [3.63, 3.8) is 0 Å². The van der Waals surface area contributed by atoms with Gasteiger partial charge in [-0.2, -0.15) is 0 Å². The molecule has 1 unspecified atom stereocenters. The van der Waals surface area contributed by atoms with E-state index in [2.05, 4.69) is 52.1 Å². The van der Waals surface area contributed by atoms with Crippen molar-refractivity contribution >= 4 is 17.2 Å². The number of hydrogen-bond acceptors (Lipinski definition) is 4. The lowest BCUT2D eigenvalue weighted by Gasteiger charge is -2.28. The highest BCUT2D eigenvalue weighted by molar-refractivity contribution is 7.09. The first-order valence-corrected chi connectivity index (χ1v) is 10.7. The summed E-state index contributed by atoms with van der Waals surface area (Å²) in [7, 11) is 0. The minimum Gasteiger partial charge on any atom is -0.486 e. The number of benzene rings is 1. The van der Waals surface area contributed by atoms with Gasteiger partial charge in [0.25, 0.3) is 0 Å². The number of thiazole rings is 1. The first-order valence-electron chi connectivity index (χ1n) is 9.83. The van der Waals surface area contributed by atoms with E-state index >= 15 is 0 Å². The van der Waals surface area contributed by atoms with Crippen molar-refractivity contribution in [2.24, 2.45) is 5.92 Å². The lowest BCUT2D eigenvalue weighted by Crippen LogP contribution is -2.38. The highest BCUT2D eigenvalue weighted by Crippen LogP contribution is 2.32. The van der Waals surface area contributed by atoms with E-state index in [0.29, 0.717) is 19.1 Å². The molecule has 0 spiro atoms. The monoisotopic (exact) mass is 386 g/mol. The van der Waals surface area contributed by atoms with E-state index in [0.717, 1.165) is 35.7 Å². The maximum Gasteiger partial charge on any atom is 0.226 e. The second kappa shape index (κ2) is 8.42. The van der Waals surface area contributed by atoms with Gasteiger partial charge in [-0.3, -0.25) is 4.79 Å². The first-order chi connectivity index (χ1) is 12.9. The third-order valence-electron chi connectivity index (χ3n) is 5.38. The van der Waals surface area contributed by atoms with Crippen LogP contribution in [-0.2, 0) is 17.9 Å². The van der Waals surface area contributed by atoms with Crippen LogP contribution in [0.15, 0.2) is 17.5 Å². The molecular formula is C22H30N2O2S. The molecule has 1 fully saturated rings. The largest absolute Gasteiger partial charge is 0.486 e. The maximum atomic E-state index is 12.6. The quantitative estimate of drug-likeness (QED) is 0.627. The summed E-state index contributed by atoms with van der Waals surface area (Å²) < 4.78 is 6.03. The fourth-order valence-corrected chi connectivity index (χ4v) is 3.88. The Bertz CT molecular complexity index is 811. The molecule has 1 aliphatic carbocycles. The van der Waals surface area contributed by atoms with Crippen LogP contribution in [0.5, 0.6) is 5.75 Å². The van der Waals surface area contributed by atoms with E-state index in [1.807, 2.05) is 4.90 Å². The van der Waals surface area contributed by atoms with Crippen molar-refractivity contribution in [1.82, 2.24) is 9.88 Å². The predicted octanol–water partition coefficient (Wildman–Crippen LogP) is 5.18. The fraction of sp³-hybridized carbons (Fsp3) is 0.545. The van der Waals surface area contributed by atoms with Crippen molar-refractivity contribution < 1.29 is 9.53 Å². The Morgan fingerprint density at radius 1 is 1.33 bits per heavy atom. The molecule has 1 amide bonds. The molecule has 1 aliphatic rings. The Morgan fingerprint density at radius 2 is 2.07 bits per heavy atom. The molecule has 0 radical (unpaired) electrons. The Labute approximate surface area is 166 Å². The third-order valence-corrected chi connectivity index (χ3v) is 6.25. The lowest BCUT2D eigenvalue weighted by atomic mass is 10.1. The zero-order valence-corrected chi connectivity index (χ0v) is 17.9. The van der Waals surface area contributed by atoms with Gasteiger partial charge in [0.1, 0.15) is 17.4 Å². The van der Waals surface area contributed by atoms with E-state index in [1.54, 1.807) is 11.3 Å². The second-order valence-corrected chi connectivity index (χ2v) is 8.67. The summed E-state index contributed by atoms with van der Waals surface area (Å²) in [5, 5.41) is 3.01. The maximum absolute atomic E-state index is 12.6. The van der Waals surface area contributed by atoms with Crippen molar-refractivity contribution in [2.75, 3.05) is 0 Å². The highest BCUT2D eigenvalue weighted by atomic mass is 32.1. The van der Waals surface area contributed by atoms with Crippen LogP contribution in [0.2, 0.25) is 0 Å². The molecule has 0 bridgehead atoms. The van der Waals surface area contributed by atoms with Gasteiger partial charge in [0.15, 0.2) is 0 Å². The number of hydrogen-bond donors (Lipinski definition) is 0. The van der Waals surface area contributed by atoms with Crippen LogP contribution in [0.4, 0.5) is 0 Å². The van der Waals surface area contributed by atoms with E-state index in [4.69, 9.17) is 9.72 Å². The van der Waals surface area contributed by atoms with Gasteiger partial charge in [0.2, 0.25) is 5.91 Å². The van der Waals surface area contributed by atoms with Crippen molar-refractivity contribution in [2.45, 2.75) is 73.1 Å². The van der Waals surface area contributed by atoms with E-state index in [9.17, 15) is 4.79 Å². The molecule has 1 atom stereocenters. The molecule has 3 rings (SSSR count). The molecule has 27 heavy (non-hydrogen) atoms. The molecule has 0 N–H and O–H groups in total. The van der Waals surface area contributed by atoms with Crippen LogP contribution in [0, 0.1) is 26.7 Å². The molecule has 4 nitrogen and oxygen atoms in total. The molecule has 1 aromatic carbocycles. The normalized spacial score (nSPS) is 14.9. The van der Waals surface area contributed by atoms with Crippen molar-refractivity contribution in [1.29, 1.82) is 0 Å².